The highest BCUT2D eigenvalue weighted by atomic mass is 32.2. The fourth-order valence-corrected chi connectivity index (χ4v) is 5.17. The molecule has 1 saturated heterocycles. The van der Waals surface area contributed by atoms with E-state index in [0.717, 1.165) is 25.2 Å². The summed E-state index contributed by atoms with van der Waals surface area (Å²) in [5.41, 5.74) is 1.79. The van der Waals surface area contributed by atoms with Crippen molar-refractivity contribution in [1.82, 2.24) is 9.88 Å². The number of rotatable bonds is 7. The third-order valence-corrected chi connectivity index (χ3v) is 7.45. The minimum atomic E-state index is -3.99. The quantitative estimate of drug-likeness (QED) is 0.541. The molecule has 0 amide bonds. The van der Waals surface area contributed by atoms with Crippen molar-refractivity contribution < 1.29 is 27.0 Å². The van der Waals surface area contributed by atoms with E-state index in [1.165, 1.54) is 12.1 Å². The zero-order chi connectivity index (χ0) is 23.5. The van der Waals surface area contributed by atoms with E-state index in [1.54, 1.807) is 6.07 Å². The second-order valence-corrected chi connectivity index (χ2v) is 10.1. The highest BCUT2D eigenvalue weighted by Crippen LogP contribution is 2.37. The Hall–Kier alpha value is -3.08. The van der Waals surface area contributed by atoms with Crippen molar-refractivity contribution in [3.8, 4) is 23.0 Å². The summed E-state index contributed by atoms with van der Waals surface area (Å²) in [5.74, 6) is 1.29. The Morgan fingerprint density at radius 2 is 1.71 bits per heavy atom. The molecule has 9 nitrogen and oxygen atoms in total. The Morgan fingerprint density at radius 1 is 0.971 bits per heavy atom. The van der Waals surface area contributed by atoms with Crippen LogP contribution in [-0.4, -0.2) is 70.9 Å². The van der Waals surface area contributed by atoms with E-state index in [1.807, 2.05) is 31.2 Å². The summed E-state index contributed by atoms with van der Waals surface area (Å²) in [4.78, 5) is 6.73. The molecule has 0 bridgehead atoms. The molecule has 3 heterocycles. The van der Waals surface area contributed by atoms with Crippen LogP contribution in [-0.2, 0) is 14.6 Å². The van der Waals surface area contributed by atoms with Crippen LogP contribution in [0.15, 0.2) is 56.8 Å². The molecule has 1 N–H and O–H groups in total. The lowest BCUT2D eigenvalue weighted by Crippen LogP contribution is -2.39. The number of oxazole rings is 1. The fourth-order valence-electron chi connectivity index (χ4n) is 3.87. The standard InChI is InChI=1S/C24H27N3O6S/c1-17-2-4-18(5-3-17)22-26-24(23(33-22)25-8-9-27-10-12-30-13-11-27)34(28,29)19-6-7-20-21(16-19)32-15-14-31-20/h2-7,16,25H,8-15H2,1H3. The second-order valence-electron chi connectivity index (χ2n) is 8.21. The van der Waals surface area contributed by atoms with E-state index >= 15 is 0 Å². The lowest BCUT2D eigenvalue weighted by atomic mass is 10.1. The minimum absolute atomic E-state index is 0.0664. The molecular weight excluding hydrogens is 458 g/mol. The third-order valence-electron chi connectivity index (χ3n) is 5.79. The van der Waals surface area contributed by atoms with Gasteiger partial charge in [-0.25, -0.2) is 8.42 Å². The van der Waals surface area contributed by atoms with Crippen molar-refractivity contribution in [3.05, 3.63) is 48.0 Å². The van der Waals surface area contributed by atoms with Gasteiger partial charge in [0.2, 0.25) is 26.6 Å². The molecule has 34 heavy (non-hydrogen) atoms. The Kier molecular flexibility index (Phi) is 6.44. The van der Waals surface area contributed by atoms with Crippen LogP contribution in [0.3, 0.4) is 0 Å². The molecule has 2 aromatic carbocycles. The molecule has 5 rings (SSSR count). The first-order valence-corrected chi connectivity index (χ1v) is 12.8. The number of nitrogens with zero attached hydrogens (tertiary/aromatic N) is 2. The summed E-state index contributed by atoms with van der Waals surface area (Å²) < 4.78 is 49.7. The molecule has 2 aliphatic rings. The maximum Gasteiger partial charge on any atom is 0.233 e. The summed E-state index contributed by atoms with van der Waals surface area (Å²) in [5, 5.41) is 3.00. The van der Waals surface area contributed by atoms with Crippen molar-refractivity contribution in [3.63, 3.8) is 0 Å². The number of aromatic nitrogens is 1. The van der Waals surface area contributed by atoms with Gasteiger partial charge in [-0.05, 0) is 31.2 Å². The average molecular weight is 486 g/mol. The number of nitrogens with one attached hydrogen (secondary N) is 1. The third kappa shape index (κ3) is 4.75. The second kappa shape index (κ2) is 9.65. The van der Waals surface area contributed by atoms with Crippen LogP contribution in [0.5, 0.6) is 11.5 Å². The molecule has 0 atom stereocenters. The van der Waals surface area contributed by atoms with Crippen molar-refractivity contribution in [1.29, 1.82) is 0 Å². The van der Waals surface area contributed by atoms with Gasteiger partial charge >= 0.3 is 0 Å². The summed E-state index contributed by atoms with van der Waals surface area (Å²) in [6.07, 6.45) is 0. The number of anilines is 1. The van der Waals surface area contributed by atoms with Crippen LogP contribution in [0.4, 0.5) is 5.88 Å². The van der Waals surface area contributed by atoms with Crippen LogP contribution in [0.2, 0.25) is 0 Å². The fraction of sp³-hybridized carbons (Fsp3) is 0.375. The molecule has 0 unspecified atom stereocenters. The van der Waals surface area contributed by atoms with Crippen LogP contribution in [0.25, 0.3) is 11.5 Å². The summed E-state index contributed by atoms with van der Waals surface area (Å²) >= 11 is 0. The number of aryl methyl sites for hydroxylation is 1. The monoisotopic (exact) mass is 485 g/mol. The predicted octanol–water partition coefficient (Wildman–Crippen LogP) is 3.00. The van der Waals surface area contributed by atoms with Gasteiger partial charge in [0, 0.05) is 37.8 Å². The normalized spacial score (nSPS) is 16.4. The van der Waals surface area contributed by atoms with Gasteiger partial charge in [0.1, 0.15) is 13.2 Å². The Balaban J connectivity index is 1.46. The molecule has 180 valence electrons. The van der Waals surface area contributed by atoms with Gasteiger partial charge in [-0.15, -0.1) is 0 Å². The van der Waals surface area contributed by atoms with Gasteiger partial charge in [-0.2, -0.15) is 4.98 Å². The maximum absolute atomic E-state index is 13.6. The number of morpholine rings is 1. The SMILES string of the molecule is Cc1ccc(-c2nc(S(=O)(=O)c3ccc4c(c3)OCCO4)c(NCCN3CCOCC3)o2)cc1. The van der Waals surface area contributed by atoms with Crippen molar-refractivity contribution >= 4 is 15.7 Å². The Labute approximate surface area is 198 Å². The van der Waals surface area contributed by atoms with Gasteiger partial charge in [0.15, 0.2) is 11.5 Å². The number of fused-ring (bicyclic) bond motifs is 1. The first kappa shape index (κ1) is 22.7. The van der Waals surface area contributed by atoms with E-state index in [4.69, 9.17) is 18.6 Å². The summed E-state index contributed by atoms with van der Waals surface area (Å²) in [6, 6.07) is 12.2. The van der Waals surface area contributed by atoms with Crippen molar-refractivity contribution in [2.45, 2.75) is 16.8 Å². The molecule has 3 aromatic rings. The van der Waals surface area contributed by atoms with E-state index in [2.05, 4.69) is 15.2 Å². The van der Waals surface area contributed by atoms with Gasteiger partial charge in [-0.3, -0.25) is 4.90 Å². The van der Waals surface area contributed by atoms with Crippen LogP contribution < -0.4 is 14.8 Å². The van der Waals surface area contributed by atoms with Crippen molar-refractivity contribution in [2.24, 2.45) is 0 Å². The van der Waals surface area contributed by atoms with E-state index in [9.17, 15) is 8.42 Å². The lowest BCUT2D eigenvalue weighted by molar-refractivity contribution is 0.0398. The van der Waals surface area contributed by atoms with Gasteiger partial charge in [-0.1, -0.05) is 17.7 Å². The van der Waals surface area contributed by atoms with E-state index in [0.29, 0.717) is 50.0 Å². The molecule has 0 aliphatic carbocycles. The van der Waals surface area contributed by atoms with E-state index in [-0.39, 0.29) is 21.7 Å². The van der Waals surface area contributed by atoms with Gasteiger partial charge in [0.25, 0.3) is 0 Å². The predicted molar refractivity (Wildman–Crippen MR) is 125 cm³/mol. The largest absolute Gasteiger partial charge is 0.486 e. The first-order chi connectivity index (χ1) is 16.5. The van der Waals surface area contributed by atoms with Crippen LogP contribution in [0.1, 0.15) is 5.56 Å². The average Bonchev–Trinajstić information content (AvgIpc) is 3.30. The lowest BCUT2D eigenvalue weighted by Gasteiger charge is -2.26. The van der Waals surface area contributed by atoms with Gasteiger partial charge in [0.05, 0.1) is 18.1 Å². The highest BCUT2D eigenvalue weighted by molar-refractivity contribution is 7.91. The Bertz CT molecular complexity index is 1250. The minimum Gasteiger partial charge on any atom is -0.486 e. The number of hydrogen-bond donors (Lipinski definition) is 1. The maximum atomic E-state index is 13.6. The molecule has 2 aliphatic heterocycles. The first-order valence-electron chi connectivity index (χ1n) is 11.3. The molecule has 0 spiro atoms. The number of hydrogen-bond acceptors (Lipinski definition) is 9. The van der Waals surface area contributed by atoms with Crippen LogP contribution >= 0.6 is 0 Å². The zero-order valence-corrected chi connectivity index (χ0v) is 19.8. The van der Waals surface area contributed by atoms with Crippen LogP contribution in [0, 0.1) is 6.92 Å². The highest BCUT2D eigenvalue weighted by Gasteiger charge is 2.30. The topological polar surface area (TPSA) is 103 Å². The molecule has 1 fully saturated rings. The zero-order valence-electron chi connectivity index (χ0n) is 19.0. The smallest absolute Gasteiger partial charge is 0.233 e. The van der Waals surface area contributed by atoms with Gasteiger partial charge < -0.3 is 23.9 Å². The Morgan fingerprint density at radius 3 is 2.47 bits per heavy atom. The van der Waals surface area contributed by atoms with E-state index < -0.39 is 9.84 Å². The summed E-state index contributed by atoms with van der Waals surface area (Å²) in [7, 11) is -3.99. The molecule has 10 heteroatoms. The molecule has 1 aromatic heterocycles. The molecule has 0 saturated carbocycles. The number of sulfone groups is 1. The van der Waals surface area contributed by atoms with Crippen molar-refractivity contribution in [2.75, 3.05) is 57.9 Å². The summed E-state index contributed by atoms with van der Waals surface area (Å²) in [6.45, 7) is 7.10. The molecular formula is C24H27N3O6S. The number of ether oxygens (including phenoxy) is 3. The number of benzene rings is 2. The molecule has 0 radical (unpaired) electrons.